The number of nitrogens with zero attached hydrogens (tertiary/aromatic N) is 4. The number of anilines is 1. The lowest BCUT2D eigenvalue weighted by atomic mass is 9.63. The Kier molecular flexibility index (Phi) is 11.3. The van der Waals surface area contributed by atoms with Crippen molar-refractivity contribution >= 4 is 20.2 Å². The lowest BCUT2D eigenvalue weighted by Gasteiger charge is -2.44. The maximum atomic E-state index is 13.7. The third-order valence-electron chi connectivity index (χ3n) is 11.9. The fourth-order valence-corrected chi connectivity index (χ4v) is 11.1. The summed E-state index contributed by atoms with van der Waals surface area (Å²) in [6, 6.07) is 16.4. The van der Waals surface area contributed by atoms with Crippen molar-refractivity contribution in [3.05, 3.63) is 47.5 Å². The topological polar surface area (TPSA) is 67.4 Å². The number of amides is 1. The van der Waals surface area contributed by atoms with Crippen LogP contribution in [-0.4, -0.2) is 92.0 Å². The van der Waals surface area contributed by atoms with Crippen LogP contribution in [0.5, 0.6) is 0 Å². The molecule has 5 rings (SSSR count). The van der Waals surface area contributed by atoms with E-state index in [1.165, 1.54) is 29.5 Å². The van der Waals surface area contributed by atoms with Crippen LogP contribution in [0.1, 0.15) is 107 Å². The molecule has 0 saturated carbocycles. The highest BCUT2D eigenvalue weighted by atomic mass is 28.4. The molecule has 0 bridgehead atoms. The van der Waals surface area contributed by atoms with Gasteiger partial charge in [0.1, 0.15) is 17.1 Å². The molecule has 9 heteroatoms. The molecule has 2 atom stereocenters. The molecule has 0 radical (unpaired) electrons. The van der Waals surface area contributed by atoms with Gasteiger partial charge in [-0.15, -0.1) is 0 Å². The fourth-order valence-electron chi connectivity index (χ4n) is 8.25. The second-order valence-corrected chi connectivity index (χ2v) is 22.5. The minimum Gasteiger partial charge on any atom is -0.444 e. The van der Waals surface area contributed by atoms with E-state index in [9.17, 15) is 4.79 Å². The quantitative estimate of drug-likeness (QED) is 0.229. The van der Waals surface area contributed by atoms with Crippen LogP contribution in [0.15, 0.2) is 36.4 Å². The van der Waals surface area contributed by atoms with Gasteiger partial charge in [-0.1, -0.05) is 66.7 Å². The predicted molar refractivity (Wildman–Crippen MR) is 208 cm³/mol. The Morgan fingerprint density at radius 1 is 0.920 bits per heavy atom. The molecule has 1 aromatic heterocycles. The first-order valence-electron chi connectivity index (χ1n) is 19.3. The maximum absolute atomic E-state index is 13.7. The summed E-state index contributed by atoms with van der Waals surface area (Å²) in [5, 5.41) is 0. The van der Waals surface area contributed by atoms with Crippen LogP contribution in [0.4, 0.5) is 10.6 Å². The average Bonchev–Trinajstić information content (AvgIpc) is 3.39. The van der Waals surface area contributed by atoms with Gasteiger partial charge in [0.05, 0.1) is 24.4 Å². The Bertz CT molecular complexity index is 1480. The number of carbonyl (C=O) groups excluding carboxylic acids is 1. The van der Waals surface area contributed by atoms with Crippen molar-refractivity contribution in [2.75, 3.05) is 44.2 Å². The van der Waals surface area contributed by atoms with Crippen LogP contribution in [-0.2, 0) is 24.7 Å². The highest BCUT2D eigenvalue weighted by molar-refractivity contribution is 6.73. The monoisotopic (exact) mass is 706 g/mol. The van der Waals surface area contributed by atoms with Crippen molar-refractivity contribution in [2.45, 2.75) is 148 Å². The lowest BCUT2D eigenvalue weighted by Crippen LogP contribution is -2.59. The Labute approximate surface area is 304 Å². The van der Waals surface area contributed by atoms with Gasteiger partial charge in [-0.2, -0.15) is 0 Å². The van der Waals surface area contributed by atoms with E-state index in [0.29, 0.717) is 6.61 Å². The van der Waals surface area contributed by atoms with Crippen LogP contribution in [0.25, 0.3) is 11.3 Å². The van der Waals surface area contributed by atoms with E-state index in [2.05, 4.69) is 94.7 Å². The summed E-state index contributed by atoms with van der Waals surface area (Å²) >= 11 is 0. The summed E-state index contributed by atoms with van der Waals surface area (Å²) in [5.74, 6) is 1.03. The van der Waals surface area contributed by atoms with E-state index in [1.807, 2.05) is 39.5 Å². The number of rotatable bonds is 10. The van der Waals surface area contributed by atoms with Gasteiger partial charge >= 0.3 is 6.09 Å². The van der Waals surface area contributed by atoms with Crippen LogP contribution in [0.3, 0.4) is 0 Å². The highest BCUT2D eigenvalue weighted by Crippen LogP contribution is 2.47. The largest absolute Gasteiger partial charge is 0.444 e. The van der Waals surface area contributed by atoms with Crippen molar-refractivity contribution in [3.8, 4) is 11.3 Å². The van der Waals surface area contributed by atoms with Gasteiger partial charge < -0.3 is 18.8 Å². The van der Waals surface area contributed by atoms with E-state index < -0.39 is 19.6 Å². The number of pyridine rings is 1. The van der Waals surface area contributed by atoms with Crippen LogP contribution in [0, 0.1) is 0 Å². The van der Waals surface area contributed by atoms with Crippen molar-refractivity contribution in [2.24, 2.45) is 0 Å². The first kappa shape index (κ1) is 38.8. The molecule has 2 aromatic rings. The average molecular weight is 707 g/mol. The molecule has 1 aromatic carbocycles. The van der Waals surface area contributed by atoms with Crippen molar-refractivity contribution in [3.63, 3.8) is 0 Å². The van der Waals surface area contributed by atoms with Gasteiger partial charge in [-0.05, 0) is 106 Å². The number of hydrogen-bond acceptors (Lipinski definition) is 7. The molecule has 3 aliphatic rings. The minimum absolute atomic E-state index is 0.161. The summed E-state index contributed by atoms with van der Waals surface area (Å²) in [4.78, 5) is 25.6. The second-order valence-electron chi connectivity index (χ2n) is 17.8. The van der Waals surface area contributed by atoms with E-state index in [4.69, 9.17) is 18.9 Å². The number of benzene rings is 1. The molecule has 8 nitrogen and oxygen atoms in total. The molecular weight excluding hydrogens is 641 g/mol. The molecule has 278 valence electrons. The number of hydrogen-bond donors (Lipinski definition) is 0. The minimum atomic E-state index is -2.00. The van der Waals surface area contributed by atoms with Gasteiger partial charge in [-0.3, -0.25) is 9.80 Å². The molecule has 50 heavy (non-hydrogen) atoms. The molecule has 2 saturated heterocycles. The van der Waals surface area contributed by atoms with E-state index in [0.717, 1.165) is 62.4 Å². The predicted octanol–water partition coefficient (Wildman–Crippen LogP) is 8.98. The summed E-state index contributed by atoms with van der Waals surface area (Å²) < 4.78 is 19.5. The molecule has 0 N–H and O–H groups in total. The van der Waals surface area contributed by atoms with Crippen molar-refractivity contribution in [1.82, 2.24) is 14.8 Å². The first-order valence-corrected chi connectivity index (χ1v) is 21.8. The SMILES string of the molecule is CC[Si](CC)(CC)O[C@H](CN1CCN(c2cccc(-c3ccc4c(c3)C(C)(C)CCC4(C)C)n2)CC1)[C@@H]1COC(C)(C)N1C(=O)OC(C)(C)C. The van der Waals surface area contributed by atoms with Gasteiger partial charge in [0.15, 0.2) is 8.32 Å². The summed E-state index contributed by atoms with van der Waals surface area (Å²) in [6.45, 7) is 30.7. The summed E-state index contributed by atoms with van der Waals surface area (Å²) in [5.41, 5.74) is 4.16. The first-order chi connectivity index (χ1) is 23.3. The number of aromatic nitrogens is 1. The Hall–Kier alpha value is -2.46. The molecule has 2 fully saturated rings. The summed E-state index contributed by atoms with van der Waals surface area (Å²) in [6.07, 6.45) is 1.91. The van der Waals surface area contributed by atoms with E-state index in [-0.39, 0.29) is 29.1 Å². The van der Waals surface area contributed by atoms with Gasteiger partial charge in [0.25, 0.3) is 0 Å². The molecule has 0 spiro atoms. The Balaban J connectivity index is 1.33. The molecular formula is C41H66N4O4Si. The third-order valence-corrected chi connectivity index (χ3v) is 16.6. The number of fused-ring (bicyclic) bond motifs is 1. The van der Waals surface area contributed by atoms with Crippen LogP contribution >= 0.6 is 0 Å². The molecule has 1 aliphatic carbocycles. The second kappa shape index (κ2) is 14.5. The van der Waals surface area contributed by atoms with Crippen LogP contribution < -0.4 is 4.90 Å². The summed E-state index contributed by atoms with van der Waals surface area (Å²) in [7, 11) is -2.00. The number of carbonyl (C=O) groups is 1. The molecule has 3 heterocycles. The molecule has 0 unspecified atom stereocenters. The van der Waals surface area contributed by atoms with Crippen LogP contribution in [0.2, 0.25) is 18.1 Å². The number of ether oxygens (including phenoxy) is 2. The zero-order valence-corrected chi connectivity index (χ0v) is 34.3. The zero-order chi connectivity index (χ0) is 36.7. The third kappa shape index (κ3) is 8.27. The maximum Gasteiger partial charge on any atom is 0.412 e. The molecule has 1 amide bonds. The fraction of sp³-hybridized carbons (Fsp3) is 0.707. The van der Waals surface area contributed by atoms with Crippen molar-refractivity contribution in [1.29, 1.82) is 0 Å². The van der Waals surface area contributed by atoms with Gasteiger partial charge in [0, 0.05) is 38.3 Å². The Morgan fingerprint density at radius 2 is 1.54 bits per heavy atom. The van der Waals surface area contributed by atoms with Crippen molar-refractivity contribution < 1.29 is 18.7 Å². The van der Waals surface area contributed by atoms with E-state index >= 15 is 0 Å². The van der Waals surface area contributed by atoms with E-state index in [1.54, 1.807) is 0 Å². The lowest BCUT2D eigenvalue weighted by molar-refractivity contribution is -0.0682. The number of piperazine rings is 1. The van der Waals surface area contributed by atoms with Gasteiger partial charge in [-0.25, -0.2) is 9.78 Å². The standard InChI is InChI=1S/C41H66N4O4Si/c1-13-50(14-2,15-3)49-35(34-29-47-41(11,12)45(34)37(46)48-38(4,5)6)28-43-23-25-44(26-24-43)36-18-16-17-33(42-36)30-19-20-31-32(27-30)40(9,10)22-21-39(31,7)8/h16-20,27,34-35H,13-15,21-26,28-29H2,1-12H3/t34-,35+/m0/s1. The molecule has 2 aliphatic heterocycles. The normalized spacial score (nSPS) is 22.7. The van der Waals surface area contributed by atoms with Gasteiger partial charge in [0.2, 0.25) is 0 Å². The smallest absolute Gasteiger partial charge is 0.412 e. The highest BCUT2D eigenvalue weighted by Gasteiger charge is 2.51. The Morgan fingerprint density at radius 3 is 2.14 bits per heavy atom. The zero-order valence-electron chi connectivity index (χ0n) is 33.3.